The Balaban J connectivity index is 2.85. The summed E-state index contributed by atoms with van der Waals surface area (Å²) in [6.45, 7) is 3.01. The molecule has 0 aliphatic heterocycles. The van der Waals surface area contributed by atoms with Crippen LogP contribution < -0.4 is 10.6 Å². The average Bonchev–Trinajstić information content (AvgIpc) is 2.69. The highest BCUT2D eigenvalue weighted by molar-refractivity contribution is 6.27. The molecule has 1 atom stereocenters. The van der Waals surface area contributed by atoms with Gasteiger partial charge < -0.3 is 15.7 Å². The number of hydrogen-bond donors (Lipinski definition) is 3. The first-order valence-electron chi connectivity index (χ1n) is 8.69. The predicted molar refractivity (Wildman–Crippen MR) is 105 cm³/mol. The lowest BCUT2D eigenvalue weighted by atomic mass is 10.0. The van der Waals surface area contributed by atoms with Gasteiger partial charge in [0.2, 0.25) is 5.91 Å². The second kappa shape index (κ2) is 10.8. The number of amides is 2. The Labute approximate surface area is 176 Å². The van der Waals surface area contributed by atoms with Crippen LogP contribution in [0.2, 0.25) is 0 Å². The maximum atomic E-state index is 13.1. The van der Waals surface area contributed by atoms with E-state index in [0.29, 0.717) is 12.6 Å². The van der Waals surface area contributed by atoms with E-state index in [0.717, 1.165) is 12.1 Å². The van der Waals surface area contributed by atoms with Gasteiger partial charge in [0.15, 0.2) is 5.60 Å². The van der Waals surface area contributed by atoms with Crippen molar-refractivity contribution in [3.63, 3.8) is 0 Å². The third-order valence-corrected chi connectivity index (χ3v) is 4.05. The summed E-state index contributed by atoms with van der Waals surface area (Å²) in [6, 6.07) is 4.14. The maximum Gasteiger partial charge on any atom is 0.417 e. The summed E-state index contributed by atoms with van der Waals surface area (Å²) in [5.74, 6) is -1.55. The Morgan fingerprint density at radius 2 is 2.07 bits per heavy atom. The third-order valence-electron chi connectivity index (χ3n) is 3.80. The molecule has 0 saturated carbocycles. The Morgan fingerprint density at radius 1 is 1.40 bits per heavy atom. The summed E-state index contributed by atoms with van der Waals surface area (Å²) in [5, 5.41) is 29.3. The lowest BCUT2D eigenvalue weighted by Gasteiger charge is -2.28. The molecule has 0 heterocycles. The van der Waals surface area contributed by atoms with E-state index in [1.54, 1.807) is 6.92 Å². The number of halogens is 4. The molecule has 0 radical (unpaired) electrons. The highest BCUT2D eigenvalue weighted by atomic mass is 35.5. The van der Waals surface area contributed by atoms with Gasteiger partial charge >= 0.3 is 6.18 Å². The molecule has 164 valence electrons. The molecule has 0 saturated heterocycles. The lowest BCUT2D eigenvalue weighted by Crippen LogP contribution is -2.48. The Morgan fingerprint density at radius 3 is 2.60 bits per heavy atom. The van der Waals surface area contributed by atoms with Crippen LogP contribution in [0.1, 0.15) is 25.0 Å². The molecule has 0 aliphatic carbocycles. The van der Waals surface area contributed by atoms with Gasteiger partial charge in [-0.25, -0.2) is 0 Å². The molecule has 0 bridgehead atoms. The van der Waals surface area contributed by atoms with E-state index in [4.69, 9.17) is 16.9 Å². The third kappa shape index (κ3) is 7.53. The zero-order chi connectivity index (χ0) is 22.9. The number of likely N-dealkylation sites (N-methyl/N-ethyl adjacent to an activating group) is 1. The molecular formula is C18H21ClF3N5O3. The van der Waals surface area contributed by atoms with Crippen LogP contribution >= 0.6 is 11.6 Å². The molecule has 0 aliphatic rings. The van der Waals surface area contributed by atoms with Crippen LogP contribution in [0.25, 0.3) is 0 Å². The number of aliphatic hydroxyl groups is 1. The van der Waals surface area contributed by atoms with Crippen LogP contribution in [0.4, 0.5) is 18.9 Å². The van der Waals surface area contributed by atoms with Crippen molar-refractivity contribution in [1.82, 2.24) is 10.3 Å². The Hall–Kier alpha value is -2.84. The molecule has 0 aromatic heterocycles. The zero-order valence-corrected chi connectivity index (χ0v) is 17.0. The number of rotatable bonds is 9. The minimum absolute atomic E-state index is 0.0852. The molecule has 8 nitrogen and oxygen atoms in total. The molecule has 1 aromatic carbocycles. The van der Waals surface area contributed by atoms with Crippen molar-refractivity contribution in [1.29, 1.82) is 5.26 Å². The van der Waals surface area contributed by atoms with E-state index in [-0.39, 0.29) is 24.7 Å². The number of nitriles is 1. The van der Waals surface area contributed by atoms with Crippen LogP contribution in [-0.4, -0.2) is 59.3 Å². The molecular weight excluding hydrogens is 427 g/mol. The van der Waals surface area contributed by atoms with Crippen molar-refractivity contribution in [2.75, 3.05) is 30.8 Å². The molecule has 12 heteroatoms. The zero-order valence-electron chi connectivity index (χ0n) is 16.3. The minimum atomic E-state index is -4.78. The predicted octanol–water partition coefficient (Wildman–Crippen LogP) is 1.93. The summed E-state index contributed by atoms with van der Waals surface area (Å²) in [5.41, 5.74) is -4.00. The quantitative estimate of drug-likeness (QED) is 0.304. The summed E-state index contributed by atoms with van der Waals surface area (Å²) >= 11 is 5.34. The van der Waals surface area contributed by atoms with Gasteiger partial charge in [0.1, 0.15) is 5.88 Å². The van der Waals surface area contributed by atoms with E-state index in [1.165, 1.54) is 24.2 Å². The minimum Gasteiger partial charge on any atom is -0.378 e. The van der Waals surface area contributed by atoms with Crippen LogP contribution in [0.5, 0.6) is 0 Å². The Kier molecular flexibility index (Phi) is 9.07. The topological polar surface area (TPSA) is 118 Å². The molecule has 3 N–H and O–H groups in total. The first-order valence-corrected chi connectivity index (χ1v) is 9.23. The number of nitrogens with zero attached hydrogens (tertiary/aromatic N) is 3. The van der Waals surface area contributed by atoms with Crippen LogP contribution in [0, 0.1) is 11.3 Å². The number of benzene rings is 1. The monoisotopic (exact) mass is 447 g/mol. The van der Waals surface area contributed by atoms with Crippen LogP contribution in [0.15, 0.2) is 23.3 Å². The number of hydrogen-bond acceptors (Lipinski definition) is 6. The van der Waals surface area contributed by atoms with Gasteiger partial charge in [0.05, 0.1) is 30.3 Å². The highest BCUT2D eigenvalue weighted by Crippen LogP contribution is 2.33. The molecule has 2 amide bonds. The van der Waals surface area contributed by atoms with Crippen LogP contribution in [-0.2, 0) is 15.8 Å². The second-order valence-corrected chi connectivity index (χ2v) is 6.58. The SMILES string of the molecule is CCN(C[C@](C)(O)C(=O)Nc1ccc(C#N)c(C(F)(F)F)c1)/N=C\CNC(=O)CCl. The van der Waals surface area contributed by atoms with Crippen molar-refractivity contribution >= 4 is 35.3 Å². The lowest BCUT2D eigenvalue weighted by molar-refractivity contribution is -0.138. The molecule has 1 rings (SSSR count). The van der Waals surface area contributed by atoms with Gasteiger partial charge in [0.25, 0.3) is 5.91 Å². The maximum absolute atomic E-state index is 13.1. The second-order valence-electron chi connectivity index (χ2n) is 6.31. The van der Waals surface area contributed by atoms with E-state index in [9.17, 15) is 27.9 Å². The van der Waals surface area contributed by atoms with Gasteiger partial charge in [-0.3, -0.25) is 14.6 Å². The highest BCUT2D eigenvalue weighted by Gasteiger charge is 2.35. The van der Waals surface area contributed by atoms with Crippen molar-refractivity contribution in [3.8, 4) is 6.07 Å². The Bertz CT molecular complexity index is 837. The average molecular weight is 448 g/mol. The van der Waals surface area contributed by atoms with E-state index >= 15 is 0 Å². The van der Waals surface area contributed by atoms with E-state index in [1.807, 2.05) is 0 Å². The summed E-state index contributed by atoms with van der Waals surface area (Å²) in [6.07, 6.45) is -3.43. The number of alkyl halides is 4. The number of carbonyl (C=O) groups is 2. The van der Waals surface area contributed by atoms with E-state index < -0.39 is 34.7 Å². The van der Waals surface area contributed by atoms with Crippen molar-refractivity contribution in [2.24, 2.45) is 5.10 Å². The van der Waals surface area contributed by atoms with Gasteiger partial charge in [0, 0.05) is 18.4 Å². The molecule has 0 fully saturated rings. The first kappa shape index (κ1) is 25.2. The molecule has 0 spiro atoms. The normalized spacial score (nSPS) is 13.4. The number of nitrogens with one attached hydrogen (secondary N) is 2. The summed E-state index contributed by atoms with van der Waals surface area (Å²) < 4.78 is 39.2. The largest absolute Gasteiger partial charge is 0.417 e. The van der Waals surface area contributed by atoms with Gasteiger partial charge in [-0.1, -0.05) is 0 Å². The number of anilines is 1. The van der Waals surface area contributed by atoms with E-state index in [2.05, 4.69) is 15.7 Å². The fourth-order valence-electron chi connectivity index (χ4n) is 2.24. The molecule has 0 unspecified atom stereocenters. The number of hydrazone groups is 1. The van der Waals surface area contributed by atoms with Gasteiger partial charge in [-0.2, -0.15) is 23.5 Å². The van der Waals surface area contributed by atoms with Gasteiger partial charge in [-0.15, -0.1) is 11.6 Å². The van der Waals surface area contributed by atoms with Crippen molar-refractivity contribution < 1.29 is 27.9 Å². The molecule has 30 heavy (non-hydrogen) atoms. The fraction of sp³-hybridized carbons (Fsp3) is 0.444. The fourth-order valence-corrected chi connectivity index (χ4v) is 2.34. The first-order chi connectivity index (χ1) is 13.9. The van der Waals surface area contributed by atoms with Crippen LogP contribution in [0.3, 0.4) is 0 Å². The number of carbonyl (C=O) groups excluding carboxylic acids is 2. The smallest absolute Gasteiger partial charge is 0.378 e. The van der Waals surface area contributed by atoms with Crippen molar-refractivity contribution in [2.45, 2.75) is 25.6 Å². The summed E-state index contributed by atoms with van der Waals surface area (Å²) in [7, 11) is 0. The molecule has 1 aromatic rings. The summed E-state index contributed by atoms with van der Waals surface area (Å²) in [4.78, 5) is 23.4. The van der Waals surface area contributed by atoms with Gasteiger partial charge in [-0.05, 0) is 32.0 Å². The van der Waals surface area contributed by atoms with Crippen molar-refractivity contribution in [3.05, 3.63) is 29.3 Å². The standard InChI is InChI=1S/C18H21ClF3N5O3/c1-3-27(25-7-6-24-15(28)9-19)11-17(2,30)16(29)26-13-5-4-12(10-23)14(8-13)18(20,21)22/h4-5,7-8,30H,3,6,9,11H2,1-2H3,(H,24,28)(H,26,29)/b25-7-/t17-/m0/s1.